The van der Waals surface area contributed by atoms with Crippen molar-refractivity contribution in [1.82, 2.24) is 25.2 Å². The quantitative estimate of drug-likeness (QED) is 0.269. The van der Waals surface area contributed by atoms with Crippen molar-refractivity contribution < 1.29 is 32.3 Å². The number of hydrogen-bond donors (Lipinski definition) is 4. The summed E-state index contributed by atoms with van der Waals surface area (Å²) in [4.78, 5) is 59.8. The predicted octanol–water partition coefficient (Wildman–Crippen LogP) is 4.78. The Labute approximate surface area is 291 Å². The van der Waals surface area contributed by atoms with Crippen molar-refractivity contribution in [1.29, 1.82) is 0 Å². The first-order valence-corrected chi connectivity index (χ1v) is 19.3. The van der Waals surface area contributed by atoms with Crippen molar-refractivity contribution in [3.63, 3.8) is 0 Å². The maximum atomic E-state index is 13.7. The molecule has 2 fully saturated rings. The number of sulfonamides is 1. The number of rotatable bonds is 9. The van der Waals surface area contributed by atoms with E-state index in [1.165, 1.54) is 4.90 Å². The van der Waals surface area contributed by atoms with Gasteiger partial charge in [0.1, 0.15) is 17.2 Å². The Bertz CT molecular complexity index is 1690. The molecule has 0 unspecified atom stereocenters. The number of carbonyl (C=O) groups excluding carboxylic acids is 4. The first kappa shape index (κ1) is 36.3. The van der Waals surface area contributed by atoms with Crippen molar-refractivity contribution >= 4 is 51.0 Å². The van der Waals surface area contributed by atoms with E-state index in [0.717, 1.165) is 53.1 Å². The van der Waals surface area contributed by atoms with Crippen LogP contribution in [0.2, 0.25) is 0 Å². The van der Waals surface area contributed by atoms with Gasteiger partial charge in [-0.05, 0) is 76.5 Å². The number of fused-ring (bicyclic) bond motifs is 1. The summed E-state index contributed by atoms with van der Waals surface area (Å²) in [6.45, 7) is 6.05. The standard InChI is InChI=1S/C34H46N6O7S2/c1-4-25-20-36-31(48-25)26-13-11-22(2)18-27(26)38-33(44)47-24-19-28-30(42)37-23(12-14-29(41)39-49(45,46)34(3)15-16-34)10-8-6-5-7-9-17-35-32(43)40(28)21-24/h8,10-11,13,18,20,23-24,28H,4-7,9,12,14-17,19,21H2,1-3H3,(H,35,43)(H,37,42)(H,38,44)(H,39,41)/b10-8-/t23-,24-,28+/m1/s1. The fourth-order valence-corrected chi connectivity index (χ4v) is 8.04. The summed E-state index contributed by atoms with van der Waals surface area (Å²) in [5.74, 6) is -1.09. The summed E-state index contributed by atoms with van der Waals surface area (Å²) in [6.07, 6.45) is 9.41. The molecule has 266 valence electrons. The van der Waals surface area contributed by atoms with Crippen LogP contribution in [0.1, 0.15) is 82.1 Å². The number of aryl methyl sites for hydroxylation is 2. The van der Waals surface area contributed by atoms with Crippen LogP contribution in [0, 0.1) is 6.92 Å². The minimum Gasteiger partial charge on any atom is -0.444 e. The van der Waals surface area contributed by atoms with Crippen LogP contribution in [0.3, 0.4) is 0 Å². The van der Waals surface area contributed by atoms with Gasteiger partial charge in [0.25, 0.3) is 0 Å². The van der Waals surface area contributed by atoms with Crippen LogP contribution in [0.25, 0.3) is 10.6 Å². The van der Waals surface area contributed by atoms with E-state index in [1.807, 2.05) is 43.5 Å². The molecule has 1 aromatic heterocycles. The zero-order valence-corrected chi connectivity index (χ0v) is 29.9. The largest absolute Gasteiger partial charge is 0.444 e. The number of urea groups is 1. The molecule has 3 heterocycles. The van der Waals surface area contributed by atoms with E-state index in [-0.39, 0.29) is 25.8 Å². The van der Waals surface area contributed by atoms with Gasteiger partial charge in [0.15, 0.2) is 0 Å². The average Bonchev–Trinajstić information content (AvgIpc) is 3.44. The van der Waals surface area contributed by atoms with E-state index >= 15 is 0 Å². The molecular formula is C34H46N6O7S2. The molecule has 3 aliphatic rings. The number of anilines is 1. The Balaban J connectivity index is 1.25. The van der Waals surface area contributed by atoms with Gasteiger partial charge in [-0.3, -0.25) is 19.6 Å². The number of nitrogens with zero attached hydrogens (tertiary/aromatic N) is 2. The van der Waals surface area contributed by atoms with Crippen molar-refractivity contribution in [2.45, 2.75) is 108 Å². The van der Waals surface area contributed by atoms with E-state index < -0.39 is 56.9 Å². The SMILES string of the molecule is CCc1cnc(-c2ccc(C)cc2NC(=O)O[C@@H]2C[C@H]3C(=O)N[C@@H](CCC(=O)NS(=O)(=O)C4(C)CC4)/C=C\CCCCCNC(=O)N3C2)s1. The minimum absolute atomic E-state index is 0.0178. The summed E-state index contributed by atoms with van der Waals surface area (Å²) in [5.41, 5.74) is 2.25. The monoisotopic (exact) mass is 714 g/mol. The van der Waals surface area contributed by atoms with Crippen LogP contribution >= 0.6 is 11.3 Å². The van der Waals surface area contributed by atoms with E-state index in [9.17, 15) is 27.6 Å². The summed E-state index contributed by atoms with van der Waals surface area (Å²) < 4.78 is 32.1. The van der Waals surface area contributed by atoms with E-state index in [4.69, 9.17) is 4.74 Å². The molecule has 1 saturated heterocycles. The van der Waals surface area contributed by atoms with Crippen LogP contribution in [0.15, 0.2) is 36.5 Å². The van der Waals surface area contributed by atoms with Gasteiger partial charge in [0.05, 0.1) is 17.0 Å². The number of benzene rings is 1. The highest BCUT2D eigenvalue weighted by molar-refractivity contribution is 7.91. The van der Waals surface area contributed by atoms with Crippen LogP contribution in [0.5, 0.6) is 0 Å². The summed E-state index contributed by atoms with van der Waals surface area (Å²) in [5, 5.41) is 9.44. The second-order valence-corrected chi connectivity index (χ2v) is 16.5. The predicted molar refractivity (Wildman–Crippen MR) is 188 cm³/mol. The fourth-order valence-electron chi connectivity index (χ4n) is 5.86. The Morgan fingerprint density at radius 1 is 1.18 bits per heavy atom. The number of hydrogen-bond acceptors (Lipinski definition) is 9. The normalized spacial score (nSPS) is 23.3. The van der Waals surface area contributed by atoms with Crippen LogP contribution < -0.4 is 20.7 Å². The molecule has 0 bridgehead atoms. The molecule has 1 saturated carbocycles. The Hall–Kier alpha value is -3.98. The average molecular weight is 715 g/mol. The van der Waals surface area contributed by atoms with Gasteiger partial charge in [-0.2, -0.15) is 0 Å². The number of amides is 5. The highest BCUT2D eigenvalue weighted by Gasteiger charge is 2.50. The molecule has 1 aliphatic carbocycles. The molecule has 0 spiro atoms. The minimum atomic E-state index is -3.77. The molecule has 49 heavy (non-hydrogen) atoms. The second-order valence-electron chi connectivity index (χ2n) is 13.2. The summed E-state index contributed by atoms with van der Waals surface area (Å²) in [6, 6.07) is 3.76. The summed E-state index contributed by atoms with van der Waals surface area (Å²) >= 11 is 1.55. The first-order chi connectivity index (χ1) is 23.4. The third kappa shape index (κ3) is 9.38. The molecule has 1 aromatic carbocycles. The number of carbonyl (C=O) groups is 4. The van der Waals surface area contributed by atoms with Crippen molar-refractivity contribution in [2.24, 2.45) is 0 Å². The zero-order valence-electron chi connectivity index (χ0n) is 28.3. The van der Waals surface area contributed by atoms with Crippen LogP contribution in [-0.4, -0.2) is 78.3 Å². The number of nitrogens with one attached hydrogen (secondary N) is 4. The van der Waals surface area contributed by atoms with Gasteiger partial charge >= 0.3 is 12.1 Å². The maximum Gasteiger partial charge on any atom is 0.411 e. The molecule has 5 amide bonds. The van der Waals surface area contributed by atoms with E-state index in [0.29, 0.717) is 25.1 Å². The lowest BCUT2D eigenvalue weighted by molar-refractivity contribution is -0.125. The lowest BCUT2D eigenvalue weighted by Gasteiger charge is -2.26. The van der Waals surface area contributed by atoms with Gasteiger partial charge in [0, 0.05) is 42.1 Å². The third-order valence-corrected chi connectivity index (χ3v) is 12.6. The molecule has 0 radical (unpaired) electrons. The molecule has 13 nitrogen and oxygen atoms in total. The third-order valence-electron chi connectivity index (χ3n) is 9.20. The topological polar surface area (TPSA) is 176 Å². The van der Waals surface area contributed by atoms with Gasteiger partial charge in [-0.15, -0.1) is 11.3 Å². The molecular weight excluding hydrogens is 669 g/mol. The molecule has 3 atom stereocenters. The molecule has 4 N–H and O–H groups in total. The van der Waals surface area contributed by atoms with E-state index in [1.54, 1.807) is 18.3 Å². The number of allylic oxidation sites excluding steroid dienone is 1. The molecule has 2 aliphatic heterocycles. The smallest absolute Gasteiger partial charge is 0.411 e. The summed E-state index contributed by atoms with van der Waals surface area (Å²) in [7, 11) is -3.77. The van der Waals surface area contributed by atoms with Crippen molar-refractivity contribution in [3.8, 4) is 10.6 Å². The van der Waals surface area contributed by atoms with Crippen LogP contribution in [-0.2, 0) is 30.8 Å². The van der Waals surface area contributed by atoms with Gasteiger partial charge in [-0.25, -0.2) is 23.0 Å². The van der Waals surface area contributed by atoms with Gasteiger partial charge < -0.3 is 20.3 Å². The highest BCUT2D eigenvalue weighted by atomic mass is 32.2. The molecule has 5 rings (SSSR count). The van der Waals surface area contributed by atoms with Crippen molar-refractivity contribution in [2.75, 3.05) is 18.4 Å². The first-order valence-electron chi connectivity index (χ1n) is 17.0. The molecule has 15 heteroatoms. The Kier molecular flexibility index (Phi) is 11.6. The fraction of sp³-hybridized carbons (Fsp3) is 0.559. The second kappa shape index (κ2) is 15.7. The van der Waals surface area contributed by atoms with Crippen molar-refractivity contribution in [3.05, 3.63) is 47.0 Å². The number of thiazole rings is 1. The van der Waals surface area contributed by atoms with Crippen LogP contribution in [0.4, 0.5) is 15.3 Å². The number of ether oxygens (including phenoxy) is 1. The Morgan fingerprint density at radius 2 is 1.98 bits per heavy atom. The maximum absolute atomic E-state index is 13.7. The van der Waals surface area contributed by atoms with Gasteiger partial charge in [-0.1, -0.05) is 31.6 Å². The Morgan fingerprint density at radius 3 is 2.71 bits per heavy atom. The zero-order chi connectivity index (χ0) is 35.2. The highest BCUT2D eigenvalue weighted by Crippen LogP contribution is 2.42. The van der Waals surface area contributed by atoms with E-state index in [2.05, 4.69) is 32.6 Å². The lowest BCUT2D eigenvalue weighted by atomic mass is 10.1. The number of aromatic nitrogens is 1. The van der Waals surface area contributed by atoms with Gasteiger partial charge in [0.2, 0.25) is 21.8 Å². The molecule has 2 aromatic rings. The lowest BCUT2D eigenvalue weighted by Crippen LogP contribution is -2.51.